The van der Waals surface area contributed by atoms with Gasteiger partial charge in [0.25, 0.3) is 0 Å². The number of hydrogen-bond donors (Lipinski definition) is 0. The lowest BCUT2D eigenvalue weighted by Crippen LogP contribution is -2.35. The molecule has 0 N–H and O–H groups in total. The third-order valence-corrected chi connectivity index (χ3v) is 4.42. The van der Waals surface area contributed by atoms with Crippen molar-refractivity contribution in [3.05, 3.63) is 35.4 Å². The molecule has 1 aromatic rings. The van der Waals surface area contributed by atoms with Crippen LogP contribution in [0.1, 0.15) is 31.9 Å². The van der Waals surface area contributed by atoms with Gasteiger partial charge in [-0.1, -0.05) is 50.6 Å². The summed E-state index contributed by atoms with van der Waals surface area (Å²) < 4.78 is 25.8. The first kappa shape index (κ1) is 15.2. The molecular weight excluding hydrogens is 246 g/mol. The monoisotopic (exact) mass is 269 g/mol. The van der Waals surface area contributed by atoms with E-state index < -0.39 is 10.0 Å². The lowest BCUT2D eigenvalue weighted by Gasteiger charge is -2.26. The summed E-state index contributed by atoms with van der Waals surface area (Å²) in [6, 6.07) is 7.62. The lowest BCUT2D eigenvalue weighted by atomic mass is 9.97. The highest BCUT2D eigenvalue weighted by atomic mass is 32.2. The molecule has 0 aliphatic carbocycles. The number of sulfonamides is 1. The van der Waals surface area contributed by atoms with E-state index >= 15 is 0 Å². The van der Waals surface area contributed by atoms with E-state index in [9.17, 15) is 8.42 Å². The fraction of sp³-hybridized carbons (Fsp3) is 0.571. The van der Waals surface area contributed by atoms with E-state index in [0.717, 1.165) is 11.1 Å². The van der Waals surface area contributed by atoms with Gasteiger partial charge in [0, 0.05) is 13.6 Å². The standard InChI is InChI=1S/C14H23NO2S/c1-12-6-8-13(9-7-12)10-18(16,17)15(5)11-14(2,3)4/h6-9H,10-11H2,1-5H3. The average Bonchev–Trinajstić information content (AvgIpc) is 2.18. The Morgan fingerprint density at radius 2 is 1.61 bits per heavy atom. The molecule has 0 fully saturated rings. The Labute approximate surface area is 111 Å². The number of benzene rings is 1. The van der Waals surface area contributed by atoms with Crippen LogP contribution in [0.2, 0.25) is 0 Å². The normalized spacial score (nSPS) is 13.0. The summed E-state index contributed by atoms with van der Waals surface area (Å²) in [5, 5.41) is 0. The molecule has 0 radical (unpaired) electrons. The molecule has 0 bridgehead atoms. The first-order valence-corrected chi connectivity index (χ1v) is 7.71. The highest BCUT2D eigenvalue weighted by molar-refractivity contribution is 7.88. The Kier molecular flexibility index (Phi) is 4.56. The van der Waals surface area contributed by atoms with Gasteiger partial charge in [0.2, 0.25) is 10.0 Å². The molecule has 0 atom stereocenters. The summed E-state index contributed by atoms with van der Waals surface area (Å²) in [7, 11) is -1.58. The second kappa shape index (κ2) is 5.41. The summed E-state index contributed by atoms with van der Waals surface area (Å²) in [4.78, 5) is 0. The molecule has 1 rings (SSSR count). The maximum absolute atomic E-state index is 12.2. The maximum atomic E-state index is 12.2. The maximum Gasteiger partial charge on any atom is 0.218 e. The zero-order valence-electron chi connectivity index (χ0n) is 11.9. The summed E-state index contributed by atoms with van der Waals surface area (Å²) in [6.07, 6.45) is 0. The van der Waals surface area contributed by atoms with Crippen molar-refractivity contribution >= 4 is 10.0 Å². The van der Waals surface area contributed by atoms with E-state index in [-0.39, 0.29) is 11.2 Å². The Hall–Kier alpha value is -0.870. The van der Waals surface area contributed by atoms with E-state index in [1.165, 1.54) is 4.31 Å². The SMILES string of the molecule is Cc1ccc(CS(=O)(=O)N(C)CC(C)(C)C)cc1. The highest BCUT2D eigenvalue weighted by Crippen LogP contribution is 2.18. The third-order valence-electron chi connectivity index (χ3n) is 2.64. The molecule has 18 heavy (non-hydrogen) atoms. The molecule has 0 heterocycles. The fourth-order valence-corrected chi connectivity index (χ4v) is 3.19. The molecule has 1 aromatic carbocycles. The van der Waals surface area contributed by atoms with Crippen molar-refractivity contribution in [1.29, 1.82) is 0 Å². The van der Waals surface area contributed by atoms with Gasteiger partial charge < -0.3 is 0 Å². The fourth-order valence-electron chi connectivity index (χ4n) is 1.77. The minimum absolute atomic E-state index is 0.0326. The van der Waals surface area contributed by atoms with Crippen molar-refractivity contribution in [3.8, 4) is 0 Å². The Bertz CT molecular complexity index is 484. The van der Waals surface area contributed by atoms with Crippen LogP contribution in [0.3, 0.4) is 0 Å². The van der Waals surface area contributed by atoms with Crippen LogP contribution in [-0.2, 0) is 15.8 Å². The van der Waals surface area contributed by atoms with E-state index in [2.05, 4.69) is 0 Å². The van der Waals surface area contributed by atoms with E-state index in [0.29, 0.717) is 6.54 Å². The second-order valence-electron chi connectivity index (χ2n) is 6.06. The first-order valence-electron chi connectivity index (χ1n) is 6.10. The van der Waals surface area contributed by atoms with Crippen LogP contribution in [0, 0.1) is 12.3 Å². The van der Waals surface area contributed by atoms with Crippen molar-refractivity contribution < 1.29 is 8.42 Å². The molecule has 0 amide bonds. The zero-order valence-corrected chi connectivity index (χ0v) is 12.7. The molecule has 4 heteroatoms. The van der Waals surface area contributed by atoms with Gasteiger partial charge in [-0.05, 0) is 17.9 Å². The molecule has 102 valence electrons. The van der Waals surface area contributed by atoms with Gasteiger partial charge in [-0.15, -0.1) is 0 Å². The van der Waals surface area contributed by atoms with Crippen LogP contribution in [0.4, 0.5) is 0 Å². The molecule has 0 aliphatic rings. The predicted molar refractivity (Wildman–Crippen MR) is 75.9 cm³/mol. The van der Waals surface area contributed by atoms with Gasteiger partial charge in [-0.3, -0.25) is 0 Å². The largest absolute Gasteiger partial charge is 0.218 e. The van der Waals surface area contributed by atoms with Crippen LogP contribution in [0.25, 0.3) is 0 Å². The van der Waals surface area contributed by atoms with Gasteiger partial charge in [0.05, 0.1) is 5.75 Å². The van der Waals surface area contributed by atoms with Gasteiger partial charge in [-0.25, -0.2) is 12.7 Å². The van der Waals surface area contributed by atoms with Crippen LogP contribution < -0.4 is 0 Å². The van der Waals surface area contributed by atoms with Crippen LogP contribution in [-0.4, -0.2) is 26.3 Å². The Morgan fingerprint density at radius 1 is 1.11 bits per heavy atom. The lowest BCUT2D eigenvalue weighted by molar-refractivity contribution is 0.310. The first-order chi connectivity index (χ1) is 8.10. The Morgan fingerprint density at radius 3 is 2.06 bits per heavy atom. The summed E-state index contributed by atoms with van der Waals surface area (Å²) in [5.41, 5.74) is 1.94. The van der Waals surface area contributed by atoms with Gasteiger partial charge >= 0.3 is 0 Å². The molecule has 0 saturated heterocycles. The molecule has 0 unspecified atom stereocenters. The number of rotatable bonds is 4. The molecule has 0 saturated carbocycles. The minimum Gasteiger partial charge on any atom is -0.212 e. The average molecular weight is 269 g/mol. The smallest absolute Gasteiger partial charge is 0.212 e. The van der Waals surface area contributed by atoms with Crippen LogP contribution >= 0.6 is 0 Å². The second-order valence-corrected chi connectivity index (χ2v) is 8.13. The van der Waals surface area contributed by atoms with Crippen LogP contribution in [0.15, 0.2) is 24.3 Å². The quantitative estimate of drug-likeness (QED) is 0.843. The van der Waals surface area contributed by atoms with Crippen molar-refractivity contribution in [2.24, 2.45) is 5.41 Å². The molecule has 3 nitrogen and oxygen atoms in total. The van der Waals surface area contributed by atoms with Crippen LogP contribution in [0.5, 0.6) is 0 Å². The zero-order chi connectivity index (χ0) is 14.0. The van der Waals surface area contributed by atoms with E-state index in [4.69, 9.17) is 0 Å². The number of nitrogens with zero attached hydrogens (tertiary/aromatic N) is 1. The molecule has 0 aromatic heterocycles. The summed E-state index contributed by atoms with van der Waals surface area (Å²) >= 11 is 0. The van der Waals surface area contributed by atoms with Crippen molar-refractivity contribution in [2.45, 2.75) is 33.4 Å². The topological polar surface area (TPSA) is 37.4 Å². The van der Waals surface area contributed by atoms with Crippen molar-refractivity contribution in [1.82, 2.24) is 4.31 Å². The third kappa shape index (κ3) is 4.78. The number of hydrogen-bond acceptors (Lipinski definition) is 2. The molecule has 0 spiro atoms. The minimum atomic E-state index is -3.23. The van der Waals surface area contributed by atoms with Gasteiger partial charge in [0.1, 0.15) is 0 Å². The van der Waals surface area contributed by atoms with Crippen molar-refractivity contribution in [3.63, 3.8) is 0 Å². The molecule has 0 aliphatic heterocycles. The van der Waals surface area contributed by atoms with Crippen molar-refractivity contribution in [2.75, 3.05) is 13.6 Å². The Balaban J connectivity index is 2.79. The van der Waals surface area contributed by atoms with Gasteiger partial charge in [-0.2, -0.15) is 0 Å². The predicted octanol–water partition coefficient (Wildman–Crippen LogP) is 2.80. The van der Waals surface area contributed by atoms with Gasteiger partial charge in [0.15, 0.2) is 0 Å². The van der Waals surface area contributed by atoms with E-state index in [1.807, 2.05) is 52.0 Å². The van der Waals surface area contributed by atoms with E-state index in [1.54, 1.807) is 7.05 Å². The summed E-state index contributed by atoms with van der Waals surface area (Å²) in [5.74, 6) is 0.0693. The number of aryl methyl sites for hydroxylation is 1. The highest BCUT2D eigenvalue weighted by Gasteiger charge is 2.23. The molecular formula is C14H23NO2S. The summed E-state index contributed by atoms with van der Waals surface area (Å²) in [6.45, 7) is 8.62.